The quantitative estimate of drug-likeness (QED) is 0.166. The van der Waals surface area contributed by atoms with E-state index >= 15 is 0 Å². The van der Waals surface area contributed by atoms with E-state index in [1.165, 1.54) is 24.8 Å². The van der Waals surface area contributed by atoms with E-state index in [2.05, 4.69) is 34.7 Å². The van der Waals surface area contributed by atoms with Crippen molar-refractivity contribution < 1.29 is 30.6 Å². The summed E-state index contributed by atoms with van der Waals surface area (Å²) in [7, 11) is 0. The molecule has 0 spiro atoms. The van der Waals surface area contributed by atoms with Crippen molar-refractivity contribution in [3.63, 3.8) is 0 Å². The lowest BCUT2D eigenvalue weighted by molar-refractivity contribution is 0.136. The highest BCUT2D eigenvalue weighted by atomic mass is 16.3. The zero-order valence-electron chi connectivity index (χ0n) is 24.6. The second-order valence-corrected chi connectivity index (χ2v) is 10.4. The number of aromatic hydroxyl groups is 3. The lowest BCUT2D eigenvalue weighted by Gasteiger charge is -2.32. The van der Waals surface area contributed by atoms with Crippen LogP contribution in [-0.2, 0) is 19.8 Å². The third-order valence-electron chi connectivity index (χ3n) is 7.68. The number of aliphatic hydroxyl groups excluding tert-OH is 3. The first-order valence-electron chi connectivity index (χ1n) is 14.0. The molecule has 230 valence electrons. The molecule has 1 fully saturated rings. The minimum Gasteiger partial charge on any atom is -0.506 e. The van der Waals surface area contributed by atoms with Gasteiger partial charge in [0, 0.05) is 90.6 Å². The van der Waals surface area contributed by atoms with Crippen LogP contribution in [0.3, 0.4) is 0 Å². The van der Waals surface area contributed by atoms with Gasteiger partial charge in [0.15, 0.2) is 0 Å². The van der Waals surface area contributed by atoms with Crippen molar-refractivity contribution in [1.82, 2.24) is 24.8 Å². The van der Waals surface area contributed by atoms with Crippen LogP contribution in [0.15, 0.2) is 28.6 Å². The van der Waals surface area contributed by atoms with Crippen molar-refractivity contribution in [2.75, 3.05) is 39.3 Å². The van der Waals surface area contributed by atoms with Crippen LogP contribution in [0.25, 0.3) is 0 Å². The minimum absolute atomic E-state index is 0.0211. The number of rotatable bonds is 12. The first-order chi connectivity index (χ1) is 20.7. The fourth-order valence-corrected chi connectivity index (χ4v) is 5.16. The zero-order chi connectivity index (χ0) is 31.1. The van der Waals surface area contributed by atoms with Gasteiger partial charge in [0.1, 0.15) is 17.2 Å². The number of aromatic nitrogens is 3. The first-order valence-corrected chi connectivity index (χ1v) is 14.0. The summed E-state index contributed by atoms with van der Waals surface area (Å²) in [5.74, 6) is -0.0191. The first kappa shape index (κ1) is 31.9. The zero-order valence-corrected chi connectivity index (χ0v) is 24.6. The molecule has 1 aliphatic heterocycles. The fraction of sp³-hybridized carbons (Fsp3) is 0.433. The largest absolute Gasteiger partial charge is 0.506 e. The maximum absolute atomic E-state index is 11.1. The van der Waals surface area contributed by atoms with E-state index in [-0.39, 0.29) is 43.2 Å². The van der Waals surface area contributed by atoms with E-state index in [1.54, 1.807) is 27.0 Å². The Morgan fingerprint density at radius 3 is 1.49 bits per heavy atom. The van der Waals surface area contributed by atoms with Crippen LogP contribution in [0.2, 0.25) is 0 Å². The van der Waals surface area contributed by atoms with Crippen LogP contribution in [0.5, 0.6) is 17.2 Å². The lowest BCUT2D eigenvalue weighted by Crippen LogP contribution is -2.34. The van der Waals surface area contributed by atoms with Gasteiger partial charge in [-0.3, -0.25) is 34.7 Å². The Balaban J connectivity index is 1.55. The number of aliphatic hydroxyl groups is 3. The monoisotopic (exact) mass is 593 g/mol. The molecule has 0 saturated carbocycles. The second-order valence-electron chi connectivity index (χ2n) is 10.4. The van der Waals surface area contributed by atoms with E-state index in [4.69, 9.17) is 0 Å². The Morgan fingerprint density at radius 2 is 1.07 bits per heavy atom. The van der Waals surface area contributed by atoms with Gasteiger partial charge in [-0.2, -0.15) is 0 Å². The van der Waals surface area contributed by atoms with Crippen LogP contribution in [0.1, 0.15) is 56.6 Å². The van der Waals surface area contributed by atoms with Crippen molar-refractivity contribution in [2.45, 2.75) is 46.8 Å². The molecule has 0 bridgehead atoms. The van der Waals surface area contributed by atoms with Crippen molar-refractivity contribution >= 4 is 12.4 Å². The Kier molecular flexibility index (Phi) is 10.7. The van der Waals surface area contributed by atoms with E-state index in [1.807, 2.05) is 0 Å². The van der Waals surface area contributed by atoms with E-state index in [0.29, 0.717) is 89.7 Å². The molecule has 0 radical (unpaired) electrons. The van der Waals surface area contributed by atoms with Gasteiger partial charge in [0.05, 0.1) is 56.2 Å². The molecular weight excluding hydrogens is 554 g/mol. The topological polar surface area (TPSA) is 191 Å². The smallest absolute Gasteiger partial charge is 0.145 e. The maximum atomic E-state index is 11.1. The van der Waals surface area contributed by atoms with Crippen LogP contribution < -0.4 is 0 Å². The van der Waals surface area contributed by atoms with Gasteiger partial charge in [0.2, 0.25) is 0 Å². The molecule has 43 heavy (non-hydrogen) atoms. The van der Waals surface area contributed by atoms with Crippen molar-refractivity contribution in [3.05, 3.63) is 69.1 Å². The van der Waals surface area contributed by atoms with Gasteiger partial charge >= 0.3 is 0 Å². The van der Waals surface area contributed by atoms with Gasteiger partial charge in [-0.15, -0.1) is 0 Å². The molecule has 0 unspecified atom stereocenters. The van der Waals surface area contributed by atoms with Crippen LogP contribution in [-0.4, -0.2) is 107 Å². The molecular formula is C30H39N7O6. The van der Waals surface area contributed by atoms with Gasteiger partial charge < -0.3 is 30.6 Å². The molecule has 6 N–H and O–H groups in total. The second kappa shape index (κ2) is 14.4. The van der Waals surface area contributed by atoms with Crippen LogP contribution >= 0.6 is 0 Å². The third-order valence-corrected chi connectivity index (χ3v) is 7.68. The van der Waals surface area contributed by atoms with Crippen molar-refractivity contribution in [3.8, 4) is 17.2 Å². The summed E-state index contributed by atoms with van der Waals surface area (Å²) in [4.78, 5) is 25.7. The molecule has 13 nitrogen and oxygen atoms in total. The van der Waals surface area contributed by atoms with E-state index < -0.39 is 0 Å². The summed E-state index contributed by atoms with van der Waals surface area (Å²) < 4.78 is 0. The Hall–Kier alpha value is -4.01. The molecule has 1 saturated heterocycles. The predicted octanol–water partition coefficient (Wildman–Crippen LogP) is 1.24. The molecule has 1 aliphatic rings. The molecule has 0 amide bonds. The molecule has 4 heterocycles. The van der Waals surface area contributed by atoms with Gasteiger partial charge in [0.25, 0.3) is 0 Å². The molecule has 4 rings (SSSR count). The summed E-state index contributed by atoms with van der Waals surface area (Å²) in [6.45, 7) is 7.31. The van der Waals surface area contributed by atoms with Gasteiger partial charge in [-0.1, -0.05) is 0 Å². The average Bonchev–Trinajstić information content (AvgIpc) is 3.40. The summed E-state index contributed by atoms with van der Waals surface area (Å²) in [6.07, 6.45) is 7.29. The summed E-state index contributed by atoms with van der Waals surface area (Å²) in [5.41, 5.74) is 4.25. The Bertz CT molecular complexity index is 1420. The number of nitrogens with zero attached hydrogens (tertiary/aromatic N) is 7. The number of aliphatic imine (C=N–C) groups is 2. The van der Waals surface area contributed by atoms with E-state index in [0.717, 1.165) is 0 Å². The fourth-order valence-electron chi connectivity index (χ4n) is 5.16. The predicted molar refractivity (Wildman–Crippen MR) is 160 cm³/mol. The number of hydrogen-bond donors (Lipinski definition) is 6. The molecule has 0 aromatic carbocycles. The summed E-state index contributed by atoms with van der Waals surface area (Å²) in [6, 6.07) is 0. The highest BCUT2D eigenvalue weighted by molar-refractivity contribution is 5.86. The molecule has 3 aromatic heterocycles. The van der Waals surface area contributed by atoms with Crippen molar-refractivity contribution in [2.24, 2.45) is 9.98 Å². The van der Waals surface area contributed by atoms with Gasteiger partial charge in [-0.25, -0.2) is 0 Å². The SMILES string of the molecule is Cc1ncc(CO)c(C=NCCN2CCN(CCN=Cc3c(CO)cnc(C)c3O)C2c2c(CO)cnc(C)c2O)c1O. The molecule has 13 heteroatoms. The number of hydrogen-bond acceptors (Lipinski definition) is 13. The average molecular weight is 594 g/mol. The number of pyridine rings is 3. The third kappa shape index (κ3) is 6.98. The highest BCUT2D eigenvalue weighted by Crippen LogP contribution is 2.38. The van der Waals surface area contributed by atoms with Crippen LogP contribution in [0, 0.1) is 20.8 Å². The molecule has 3 aromatic rings. The van der Waals surface area contributed by atoms with Crippen molar-refractivity contribution in [1.29, 1.82) is 0 Å². The summed E-state index contributed by atoms with van der Waals surface area (Å²) in [5, 5.41) is 61.3. The lowest BCUT2D eigenvalue weighted by atomic mass is 10.0. The molecule has 0 atom stereocenters. The van der Waals surface area contributed by atoms with Crippen LogP contribution in [0.4, 0.5) is 0 Å². The maximum Gasteiger partial charge on any atom is 0.145 e. The Morgan fingerprint density at radius 1 is 0.674 bits per heavy atom. The highest BCUT2D eigenvalue weighted by Gasteiger charge is 2.36. The van der Waals surface area contributed by atoms with Gasteiger partial charge in [-0.05, 0) is 20.8 Å². The molecule has 0 aliphatic carbocycles. The minimum atomic E-state index is -0.386. The Labute approximate surface area is 250 Å². The summed E-state index contributed by atoms with van der Waals surface area (Å²) >= 11 is 0. The number of aryl methyl sites for hydroxylation is 3. The van der Waals surface area contributed by atoms with E-state index in [9.17, 15) is 30.6 Å². The normalized spacial score (nSPS) is 16.3. The standard InChI is InChI=1S/C30H39N7O6/c1-18-27(41)24(21(15-38)10-33-18)13-31-4-6-36-8-9-37(30(36)26-23(17-40)12-35-20(3)29(26)43)7-5-32-14-25-22(16-39)11-34-19(2)28(25)42/h10-14,30,38-43H,4-9,15-17H2,1-3H3.